The number of likely N-dealkylation sites (tertiary alicyclic amines) is 2. The minimum absolute atomic E-state index is 0.0150. The Labute approximate surface area is 175 Å². The molecule has 3 aliphatic rings. The Kier molecular flexibility index (Phi) is 4.81. The number of carbonyl (C=O) groups excluding carboxylic acids is 2. The van der Waals surface area contributed by atoms with E-state index >= 15 is 0 Å². The number of rotatable bonds is 4. The molecule has 2 amide bonds. The highest BCUT2D eigenvalue weighted by Crippen LogP contribution is 2.42. The van der Waals surface area contributed by atoms with Crippen LogP contribution in [0.25, 0.3) is 5.69 Å². The first-order chi connectivity index (χ1) is 14.5. The quantitative estimate of drug-likeness (QED) is 0.826. The molecule has 5 rings (SSSR count). The van der Waals surface area contributed by atoms with Gasteiger partial charge < -0.3 is 14.9 Å². The van der Waals surface area contributed by atoms with Gasteiger partial charge in [-0.1, -0.05) is 0 Å². The van der Waals surface area contributed by atoms with Gasteiger partial charge in [-0.3, -0.25) is 14.2 Å². The summed E-state index contributed by atoms with van der Waals surface area (Å²) in [4.78, 5) is 29.9. The highest BCUT2D eigenvalue weighted by molar-refractivity contribution is 5.94. The Morgan fingerprint density at radius 3 is 2.40 bits per heavy atom. The molecule has 2 saturated heterocycles. The molecule has 1 N–H and O–H groups in total. The van der Waals surface area contributed by atoms with Gasteiger partial charge >= 0.3 is 0 Å². The van der Waals surface area contributed by atoms with Gasteiger partial charge in [0.25, 0.3) is 5.91 Å². The zero-order valence-corrected chi connectivity index (χ0v) is 17.0. The summed E-state index contributed by atoms with van der Waals surface area (Å²) in [6, 6.07) is 7.38. The third-order valence-electron chi connectivity index (χ3n) is 6.81. The van der Waals surface area contributed by atoms with Crippen molar-refractivity contribution >= 4 is 11.8 Å². The van der Waals surface area contributed by atoms with Gasteiger partial charge in [0.05, 0.1) is 11.5 Å². The van der Waals surface area contributed by atoms with E-state index in [4.69, 9.17) is 0 Å². The maximum atomic E-state index is 13.2. The Bertz CT molecular complexity index is 913. The smallest absolute Gasteiger partial charge is 0.253 e. The lowest BCUT2D eigenvalue weighted by molar-refractivity contribution is -0.156. The number of β-amino-alcohol motifs (C(OH)–C–C–N with tert-alkyl or cyclic N) is 1. The zero-order chi connectivity index (χ0) is 20.7. The molecule has 30 heavy (non-hydrogen) atoms. The first-order valence-electron chi connectivity index (χ1n) is 10.8. The number of benzene rings is 1. The minimum Gasteiger partial charge on any atom is -0.391 e. The van der Waals surface area contributed by atoms with Crippen LogP contribution >= 0.6 is 0 Å². The number of hydrogen-bond acceptors (Lipinski definition) is 5. The standard InChI is InChI=1S/C22H27N5O3/c28-19-11-22(21(30)26(13-19)12-16-1-2-16)7-9-25(10-8-22)20(29)17-3-5-18(6-4-17)27-14-23-24-15-27/h3-6,14-16,19,28H,1-2,7-13H2. The Hall–Kier alpha value is -2.74. The van der Waals surface area contributed by atoms with E-state index in [0.29, 0.717) is 50.4 Å². The number of amides is 2. The van der Waals surface area contributed by atoms with Crippen LogP contribution in [0.1, 0.15) is 42.5 Å². The number of hydrogen-bond donors (Lipinski definition) is 1. The van der Waals surface area contributed by atoms with Gasteiger partial charge in [0, 0.05) is 37.4 Å². The van der Waals surface area contributed by atoms with Crippen molar-refractivity contribution in [3.8, 4) is 5.69 Å². The van der Waals surface area contributed by atoms with Crippen LogP contribution in [-0.4, -0.2) is 73.8 Å². The summed E-state index contributed by atoms with van der Waals surface area (Å²) in [5.74, 6) is 0.780. The number of aliphatic hydroxyl groups excluding tert-OH is 1. The van der Waals surface area contributed by atoms with Gasteiger partial charge in [-0.25, -0.2) is 0 Å². The van der Waals surface area contributed by atoms with Crippen LogP contribution in [-0.2, 0) is 4.79 Å². The van der Waals surface area contributed by atoms with E-state index in [-0.39, 0.29) is 11.8 Å². The molecule has 3 fully saturated rings. The first kappa shape index (κ1) is 19.2. The second-order valence-corrected chi connectivity index (χ2v) is 9.00. The summed E-state index contributed by atoms with van der Waals surface area (Å²) in [7, 11) is 0. The van der Waals surface area contributed by atoms with Crippen LogP contribution in [0.5, 0.6) is 0 Å². The van der Waals surface area contributed by atoms with Crippen LogP contribution in [0, 0.1) is 11.3 Å². The molecule has 8 nitrogen and oxygen atoms in total. The van der Waals surface area contributed by atoms with Gasteiger partial charge in [0.2, 0.25) is 5.91 Å². The number of aromatic nitrogens is 3. The van der Waals surface area contributed by atoms with Crippen molar-refractivity contribution in [1.82, 2.24) is 24.6 Å². The van der Waals surface area contributed by atoms with E-state index in [1.165, 1.54) is 12.8 Å². The fraction of sp³-hybridized carbons (Fsp3) is 0.545. The summed E-state index contributed by atoms with van der Waals surface area (Å²) < 4.78 is 1.78. The summed E-state index contributed by atoms with van der Waals surface area (Å²) in [6.45, 7) is 2.32. The molecule has 1 saturated carbocycles. The fourth-order valence-electron chi connectivity index (χ4n) is 4.89. The lowest BCUT2D eigenvalue weighted by atomic mass is 9.70. The lowest BCUT2D eigenvalue weighted by Crippen LogP contribution is -2.58. The minimum atomic E-state index is -0.512. The molecule has 1 aromatic carbocycles. The molecule has 1 spiro atoms. The predicted octanol–water partition coefficient (Wildman–Crippen LogP) is 1.49. The van der Waals surface area contributed by atoms with Crippen molar-refractivity contribution in [1.29, 1.82) is 0 Å². The maximum absolute atomic E-state index is 13.2. The molecule has 1 unspecified atom stereocenters. The third-order valence-corrected chi connectivity index (χ3v) is 6.81. The van der Waals surface area contributed by atoms with Crippen LogP contribution in [0.15, 0.2) is 36.9 Å². The van der Waals surface area contributed by atoms with E-state index in [1.807, 2.05) is 34.1 Å². The van der Waals surface area contributed by atoms with E-state index in [1.54, 1.807) is 17.2 Å². The van der Waals surface area contributed by atoms with Gasteiger partial charge in [-0.15, -0.1) is 10.2 Å². The Morgan fingerprint density at radius 2 is 1.77 bits per heavy atom. The van der Waals surface area contributed by atoms with Crippen LogP contribution in [0.2, 0.25) is 0 Å². The summed E-state index contributed by atoms with van der Waals surface area (Å²) in [5, 5.41) is 18.0. The van der Waals surface area contributed by atoms with E-state index in [2.05, 4.69) is 10.2 Å². The molecule has 8 heteroatoms. The number of aliphatic hydroxyl groups is 1. The summed E-state index contributed by atoms with van der Waals surface area (Å²) in [6.07, 6.45) is 6.89. The normalized spacial score (nSPS) is 23.8. The average molecular weight is 409 g/mol. The number of carbonyl (C=O) groups is 2. The number of piperidine rings is 2. The zero-order valence-electron chi connectivity index (χ0n) is 17.0. The molecule has 1 aromatic heterocycles. The van der Waals surface area contributed by atoms with E-state index < -0.39 is 11.5 Å². The third kappa shape index (κ3) is 3.60. The summed E-state index contributed by atoms with van der Waals surface area (Å²) >= 11 is 0. The fourth-order valence-corrected chi connectivity index (χ4v) is 4.89. The predicted molar refractivity (Wildman–Crippen MR) is 109 cm³/mol. The van der Waals surface area contributed by atoms with E-state index in [0.717, 1.165) is 12.2 Å². The topological polar surface area (TPSA) is 91.6 Å². The van der Waals surface area contributed by atoms with Crippen LogP contribution in [0.3, 0.4) is 0 Å². The van der Waals surface area contributed by atoms with Crippen molar-refractivity contribution in [2.45, 2.75) is 38.2 Å². The molecule has 2 aromatic rings. The molecular formula is C22H27N5O3. The highest BCUT2D eigenvalue weighted by atomic mass is 16.3. The first-order valence-corrected chi connectivity index (χ1v) is 10.8. The largest absolute Gasteiger partial charge is 0.391 e. The summed E-state index contributed by atoms with van der Waals surface area (Å²) in [5.41, 5.74) is 1.02. The van der Waals surface area contributed by atoms with Crippen LogP contribution < -0.4 is 0 Å². The van der Waals surface area contributed by atoms with Gasteiger partial charge in [-0.2, -0.15) is 0 Å². The second-order valence-electron chi connectivity index (χ2n) is 9.00. The monoisotopic (exact) mass is 409 g/mol. The molecule has 3 heterocycles. The molecule has 1 aliphatic carbocycles. The molecule has 0 bridgehead atoms. The van der Waals surface area contributed by atoms with Crippen molar-refractivity contribution in [3.63, 3.8) is 0 Å². The molecule has 158 valence electrons. The number of nitrogens with zero attached hydrogens (tertiary/aromatic N) is 5. The van der Waals surface area contributed by atoms with Gasteiger partial charge in [-0.05, 0) is 62.3 Å². The second kappa shape index (κ2) is 7.50. The van der Waals surface area contributed by atoms with Crippen molar-refractivity contribution in [3.05, 3.63) is 42.5 Å². The van der Waals surface area contributed by atoms with E-state index in [9.17, 15) is 14.7 Å². The SMILES string of the molecule is O=C(c1ccc(-n2cnnc2)cc1)N1CCC2(CC1)CC(O)CN(CC1CC1)C2=O. The van der Waals surface area contributed by atoms with Crippen molar-refractivity contribution in [2.75, 3.05) is 26.2 Å². The molecule has 1 atom stereocenters. The molecule has 2 aliphatic heterocycles. The lowest BCUT2D eigenvalue weighted by Gasteiger charge is -2.48. The maximum Gasteiger partial charge on any atom is 0.253 e. The van der Waals surface area contributed by atoms with Crippen molar-refractivity contribution < 1.29 is 14.7 Å². The van der Waals surface area contributed by atoms with Gasteiger partial charge in [0.1, 0.15) is 12.7 Å². The Balaban J connectivity index is 1.24. The molecular weight excluding hydrogens is 382 g/mol. The average Bonchev–Trinajstić information content (AvgIpc) is 3.40. The van der Waals surface area contributed by atoms with Crippen molar-refractivity contribution in [2.24, 2.45) is 11.3 Å². The Morgan fingerprint density at radius 1 is 1.10 bits per heavy atom. The molecule has 0 radical (unpaired) electrons. The van der Waals surface area contributed by atoms with Crippen LogP contribution in [0.4, 0.5) is 0 Å². The highest BCUT2D eigenvalue weighted by Gasteiger charge is 2.49. The van der Waals surface area contributed by atoms with Gasteiger partial charge in [0.15, 0.2) is 0 Å².